The molecule has 0 spiro atoms. The van der Waals surface area contributed by atoms with Crippen LogP contribution in [0.3, 0.4) is 0 Å². The maximum atomic E-state index is 12.1. The molecule has 0 amide bonds. The molecule has 0 aliphatic rings. The van der Waals surface area contributed by atoms with Gasteiger partial charge in [0.15, 0.2) is 11.5 Å². The third kappa shape index (κ3) is 22.6. The fourth-order valence-corrected chi connectivity index (χ4v) is 5.59. The second-order valence-corrected chi connectivity index (χ2v) is 13.7. The van der Waals surface area contributed by atoms with Gasteiger partial charge in [-0.05, 0) is 53.1 Å². The minimum absolute atomic E-state index is 0.0365. The predicted octanol–water partition coefficient (Wildman–Crippen LogP) is 6.29. The quantitative estimate of drug-likeness (QED) is 0.0497. The Hall–Kier alpha value is -5.01. The van der Waals surface area contributed by atoms with Crippen LogP contribution < -0.4 is 23.7 Å². The Labute approximate surface area is 376 Å². The lowest BCUT2D eigenvalue weighted by Gasteiger charge is -2.18. The lowest BCUT2D eigenvalue weighted by molar-refractivity contribution is 0.00366. The molecule has 4 aromatic rings. The van der Waals surface area contributed by atoms with Gasteiger partial charge in [-0.3, -0.25) is 0 Å². The first kappa shape index (κ1) is 51.6. The first-order valence-corrected chi connectivity index (χ1v) is 21.3. The number of methoxy groups -OCH3 is 2. The number of carboxylic acid groups (broad SMARTS) is 1. The fourth-order valence-electron chi connectivity index (χ4n) is 5.59. The van der Waals surface area contributed by atoms with Gasteiger partial charge in [-0.15, -0.1) is 0 Å². The maximum absolute atomic E-state index is 12.1. The molecule has 0 aliphatic carbocycles. The summed E-state index contributed by atoms with van der Waals surface area (Å²) in [5.74, 6) is 1.04. The highest BCUT2D eigenvalue weighted by atomic mass is 16.6. The third-order valence-electron chi connectivity index (χ3n) is 8.91. The summed E-state index contributed by atoms with van der Waals surface area (Å²) in [5, 5.41) is 9.89. The molecule has 1 N–H and O–H groups in total. The van der Waals surface area contributed by atoms with E-state index in [0.717, 1.165) is 28.2 Å². The molecule has 4 aromatic carbocycles. The van der Waals surface area contributed by atoms with Gasteiger partial charge in [-0.25, -0.2) is 4.79 Å². The average Bonchev–Trinajstić information content (AvgIpc) is 3.32. The van der Waals surface area contributed by atoms with Gasteiger partial charge in [0.2, 0.25) is 5.75 Å². The molecule has 352 valence electrons. The number of ether oxygens (including phenoxy) is 14. The minimum Gasteiger partial charge on any atom is -0.497 e. The molecule has 0 atom stereocenters. The summed E-state index contributed by atoms with van der Waals surface area (Å²) in [5.41, 5.74) is 3.16. The topological polar surface area (TPSA) is 167 Å². The average molecular weight is 897 g/mol. The van der Waals surface area contributed by atoms with E-state index < -0.39 is 5.97 Å². The Morgan fingerprint density at radius 2 is 0.703 bits per heavy atom. The van der Waals surface area contributed by atoms with Crippen molar-refractivity contribution in [3.8, 4) is 28.7 Å². The van der Waals surface area contributed by atoms with E-state index in [1.165, 1.54) is 12.1 Å². The summed E-state index contributed by atoms with van der Waals surface area (Å²) in [4.78, 5) is 12.1. The Bertz CT molecular complexity index is 1680. The van der Waals surface area contributed by atoms with Crippen molar-refractivity contribution in [3.05, 3.63) is 113 Å². The zero-order valence-electron chi connectivity index (χ0n) is 37.1. The molecule has 0 unspecified atom stereocenters. The summed E-state index contributed by atoms with van der Waals surface area (Å²) in [7, 11) is 3.26. The molecule has 0 saturated carbocycles. The highest BCUT2D eigenvalue weighted by Crippen LogP contribution is 2.39. The first-order valence-electron chi connectivity index (χ1n) is 21.3. The lowest BCUT2D eigenvalue weighted by Crippen LogP contribution is -2.16. The van der Waals surface area contributed by atoms with Gasteiger partial charge in [0, 0.05) is 0 Å². The maximum Gasteiger partial charge on any atom is 0.335 e. The van der Waals surface area contributed by atoms with Crippen LogP contribution in [-0.4, -0.2) is 144 Å². The largest absolute Gasteiger partial charge is 0.497 e. The molecule has 0 radical (unpaired) electrons. The van der Waals surface area contributed by atoms with Crippen LogP contribution in [0.15, 0.2) is 91.0 Å². The van der Waals surface area contributed by atoms with Crippen LogP contribution in [0.2, 0.25) is 0 Å². The van der Waals surface area contributed by atoms with E-state index in [-0.39, 0.29) is 62.5 Å². The normalized spacial score (nSPS) is 11.1. The number of hydrogen-bond donors (Lipinski definition) is 1. The summed E-state index contributed by atoms with van der Waals surface area (Å²) in [6.45, 7) is 7.29. The lowest BCUT2D eigenvalue weighted by atomic mass is 10.2. The van der Waals surface area contributed by atoms with E-state index in [9.17, 15) is 9.90 Å². The SMILES string of the molecule is COc1ccc(COCCOCCOCCOc2cc(C(=O)O)cc(OCCOCCOCCOCc3ccc(OC)cc3)c2OCCOCCOCCOCc2ccccc2)cc1. The molecule has 0 aliphatic heterocycles. The molecular weight excluding hydrogens is 833 g/mol. The summed E-state index contributed by atoms with van der Waals surface area (Å²) in [6.07, 6.45) is 0. The smallest absolute Gasteiger partial charge is 0.335 e. The Kier molecular flexibility index (Phi) is 27.0. The number of hydrogen-bond acceptors (Lipinski definition) is 15. The highest BCUT2D eigenvalue weighted by molar-refractivity contribution is 5.89. The van der Waals surface area contributed by atoms with Gasteiger partial charge in [0.25, 0.3) is 0 Å². The van der Waals surface area contributed by atoms with Crippen molar-refractivity contribution in [1.29, 1.82) is 0 Å². The van der Waals surface area contributed by atoms with Gasteiger partial charge in [0.1, 0.15) is 31.3 Å². The van der Waals surface area contributed by atoms with Gasteiger partial charge < -0.3 is 71.4 Å². The van der Waals surface area contributed by atoms with Crippen molar-refractivity contribution < 1.29 is 76.2 Å². The molecule has 0 saturated heterocycles. The molecule has 64 heavy (non-hydrogen) atoms. The van der Waals surface area contributed by atoms with Crippen molar-refractivity contribution in [1.82, 2.24) is 0 Å². The zero-order chi connectivity index (χ0) is 45.1. The van der Waals surface area contributed by atoms with Crippen molar-refractivity contribution in [2.24, 2.45) is 0 Å². The van der Waals surface area contributed by atoms with Crippen LogP contribution in [0.1, 0.15) is 27.0 Å². The highest BCUT2D eigenvalue weighted by Gasteiger charge is 2.19. The van der Waals surface area contributed by atoms with Gasteiger partial charge in [-0.2, -0.15) is 0 Å². The van der Waals surface area contributed by atoms with Crippen LogP contribution >= 0.6 is 0 Å². The first-order chi connectivity index (χ1) is 31.6. The number of carbonyl (C=O) groups is 1. The van der Waals surface area contributed by atoms with E-state index in [2.05, 4.69) is 0 Å². The summed E-state index contributed by atoms with van der Waals surface area (Å²) in [6, 6.07) is 28.1. The van der Waals surface area contributed by atoms with Crippen molar-refractivity contribution >= 4 is 5.97 Å². The van der Waals surface area contributed by atoms with Crippen LogP contribution in [0.5, 0.6) is 28.7 Å². The van der Waals surface area contributed by atoms with E-state index in [1.807, 2.05) is 78.9 Å². The van der Waals surface area contributed by atoms with Gasteiger partial charge >= 0.3 is 5.97 Å². The van der Waals surface area contributed by atoms with E-state index >= 15 is 0 Å². The molecule has 16 heteroatoms. The van der Waals surface area contributed by atoms with Crippen molar-refractivity contribution in [2.75, 3.05) is 133 Å². The van der Waals surface area contributed by atoms with E-state index in [0.29, 0.717) is 99.1 Å². The molecule has 0 fully saturated rings. The minimum atomic E-state index is -1.15. The molecular formula is C48H64O16. The Morgan fingerprint density at radius 1 is 0.391 bits per heavy atom. The summed E-state index contributed by atoms with van der Waals surface area (Å²) >= 11 is 0. The molecule has 4 rings (SSSR count). The second kappa shape index (κ2) is 33.5. The number of benzene rings is 4. The van der Waals surface area contributed by atoms with Crippen LogP contribution in [0.25, 0.3) is 0 Å². The number of carboxylic acids is 1. The van der Waals surface area contributed by atoms with E-state index in [4.69, 9.17) is 66.3 Å². The predicted molar refractivity (Wildman–Crippen MR) is 236 cm³/mol. The molecule has 0 bridgehead atoms. The Balaban J connectivity index is 1.15. The van der Waals surface area contributed by atoms with Crippen molar-refractivity contribution in [2.45, 2.75) is 19.8 Å². The number of aromatic carboxylic acids is 1. The van der Waals surface area contributed by atoms with E-state index in [1.54, 1.807) is 14.2 Å². The fraction of sp³-hybridized carbons (Fsp3) is 0.479. The van der Waals surface area contributed by atoms with Gasteiger partial charge in [-0.1, -0.05) is 54.6 Å². The standard InChI is InChI=1S/C48H64O16/c1-51-43-12-8-40(9-13-43)37-60-26-23-53-16-19-56-28-31-62-45-34-42(48(49)50)35-46(47(45)64-33-30-58-21-18-55-22-25-59-36-39-6-4-3-5-7-39)63-32-29-57-20-17-54-24-27-61-38-41-10-14-44(52-2)15-11-41/h3-15,34-35H,16-33,36-38H2,1-2H3,(H,49,50). The third-order valence-corrected chi connectivity index (χ3v) is 8.91. The molecule has 16 nitrogen and oxygen atoms in total. The summed E-state index contributed by atoms with van der Waals surface area (Å²) < 4.78 is 79.3. The van der Waals surface area contributed by atoms with Crippen LogP contribution in [0, 0.1) is 0 Å². The van der Waals surface area contributed by atoms with Crippen LogP contribution in [0.4, 0.5) is 0 Å². The monoisotopic (exact) mass is 896 g/mol. The Morgan fingerprint density at radius 3 is 1.05 bits per heavy atom. The molecule has 0 heterocycles. The zero-order valence-corrected chi connectivity index (χ0v) is 37.1. The van der Waals surface area contributed by atoms with Crippen LogP contribution in [-0.2, 0) is 62.5 Å². The van der Waals surface area contributed by atoms with Gasteiger partial charge in [0.05, 0.1) is 139 Å². The molecule has 0 aromatic heterocycles. The second-order valence-electron chi connectivity index (χ2n) is 13.7. The number of rotatable bonds is 39. The van der Waals surface area contributed by atoms with Crippen molar-refractivity contribution in [3.63, 3.8) is 0 Å².